The third-order valence-corrected chi connectivity index (χ3v) is 3.24. The van der Waals surface area contributed by atoms with Crippen molar-refractivity contribution in [1.82, 2.24) is 4.98 Å². The molecule has 0 fully saturated rings. The molecule has 0 unspecified atom stereocenters. The number of alkyl halides is 2. The second kappa shape index (κ2) is 4.41. The summed E-state index contributed by atoms with van der Waals surface area (Å²) in [5.74, 6) is 0. The van der Waals surface area contributed by atoms with Crippen LogP contribution in [0.3, 0.4) is 0 Å². The fraction of sp³-hybridized carbons (Fsp3) is 0.182. The van der Waals surface area contributed by atoms with Crippen LogP contribution in [0.15, 0.2) is 30.3 Å². The monoisotopic (exact) mass is 313 g/mol. The highest BCUT2D eigenvalue weighted by atomic mass is 79.9. The van der Waals surface area contributed by atoms with Gasteiger partial charge >= 0.3 is 0 Å². The van der Waals surface area contributed by atoms with E-state index in [9.17, 15) is 0 Å². The van der Waals surface area contributed by atoms with Gasteiger partial charge in [0.2, 0.25) is 0 Å². The smallest absolute Gasteiger partial charge is 0.0591 e. The molecule has 14 heavy (non-hydrogen) atoms. The Labute approximate surface area is 99.8 Å². The lowest BCUT2D eigenvalue weighted by Crippen LogP contribution is -1.92. The Bertz CT molecular complexity index is 454. The average Bonchev–Trinajstić information content (AvgIpc) is 2.27. The summed E-state index contributed by atoms with van der Waals surface area (Å²) in [4.78, 5) is 4.54. The van der Waals surface area contributed by atoms with E-state index in [1.165, 1.54) is 10.8 Å². The van der Waals surface area contributed by atoms with Gasteiger partial charge in [-0.05, 0) is 11.5 Å². The summed E-state index contributed by atoms with van der Waals surface area (Å²) in [6.45, 7) is 0. The van der Waals surface area contributed by atoms with Crippen LogP contribution in [0, 0.1) is 0 Å². The van der Waals surface area contributed by atoms with Gasteiger partial charge in [0.15, 0.2) is 0 Å². The molecule has 0 saturated carbocycles. The van der Waals surface area contributed by atoms with Gasteiger partial charge in [-0.25, -0.2) is 0 Å². The van der Waals surface area contributed by atoms with E-state index >= 15 is 0 Å². The predicted octanol–water partition coefficient (Wildman–Crippen LogP) is 4.02. The Morgan fingerprint density at radius 3 is 2.57 bits per heavy atom. The molecule has 0 N–H and O–H groups in total. The van der Waals surface area contributed by atoms with Crippen molar-refractivity contribution in [3.05, 3.63) is 41.7 Å². The topological polar surface area (TPSA) is 12.9 Å². The molecule has 1 aromatic heterocycles. The van der Waals surface area contributed by atoms with Gasteiger partial charge in [-0.3, -0.25) is 4.98 Å². The van der Waals surface area contributed by atoms with E-state index in [0.29, 0.717) is 0 Å². The molecular formula is C11H9Br2N. The molecule has 1 heterocycles. The van der Waals surface area contributed by atoms with Crippen molar-refractivity contribution in [2.24, 2.45) is 0 Å². The average molecular weight is 315 g/mol. The SMILES string of the molecule is BrCc1cc2ccccc2c(CBr)n1. The number of halogens is 2. The maximum atomic E-state index is 4.54. The summed E-state index contributed by atoms with van der Waals surface area (Å²) in [5.41, 5.74) is 2.19. The highest BCUT2D eigenvalue weighted by Crippen LogP contribution is 2.21. The second-order valence-electron chi connectivity index (χ2n) is 3.05. The fourth-order valence-corrected chi connectivity index (χ4v) is 2.22. The number of fused-ring (bicyclic) bond motifs is 1. The number of hydrogen-bond donors (Lipinski definition) is 0. The first-order chi connectivity index (χ1) is 6.85. The van der Waals surface area contributed by atoms with E-state index in [1.54, 1.807) is 0 Å². The normalized spacial score (nSPS) is 10.7. The van der Waals surface area contributed by atoms with Crippen LogP contribution in [0.1, 0.15) is 11.4 Å². The lowest BCUT2D eigenvalue weighted by Gasteiger charge is -2.05. The van der Waals surface area contributed by atoms with Gasteiger partial charge in [-0.1, -0.05) is 56.1 Å². The molecule has 0 saturated heterocycles. The zero-order chi connectivity index (χ0) is 9.97. The number of pyridine rings is 1. The molecule has 0 aliphatic rings. The van der Waals surface area contributed by atoms with Crippen molar-refractivity contribution >= 4 is 42.6 Å². The van der Waals surface area contributed by atoms with E-state index in [-0.39, 0.29) is 0 Å². The van der Waals surface area contributed by atoms with Crippen LogP contribution >= 0.6 is 31.9 Å². The van der Waals surface area contributed by atoms with Crippen molar-refractivity contribution in [2.45, 2.75) is 10.7 Å². The molecule has 3 heteroatoms. The Morgan fingerprint density at radius 2 is 1.86 bits per heavy atom. The van der Waals surface area contributed by atoms with E-state index in [2.05, 4.69) is 61.1 Å². The standard InChI is InChI=1S/C11H9Br2N/c12-6-9-5-8-3-1-2-4-10(8)11(7-13)14-9/h1-5H,6-7H2. The van der Waals surface area contributed by atoms with Gasteiger partial charge in [0.25, 0.3) is 0 Å². The number of benzene rings is 1. The molecule has 0 atom stereocenters. The van der Waals surface area contributed by atoms with Crippen LogP contribution < -0.4 is 0 Å². The highest BCUT2D eigenvalue weighted by molar-refractivity contribution is 9.08. The van der Waals surface area contributed by atoms with Crippen LogP contribution in [0.25, 0.3) is 10.8 Å². The third-order valence-electron chi connectivity index (χ3n) is 2.14. The summed E-state index contributed by atoms with van der Waals surface area (Å²) >= 11 is 6.89. The molecule has 0 bridgehead atoms. The summed E-state index contributed by atoms with van der Waals surface area (Å²) < 4.78 is 0. The van der Waals surface area contributed by atoms with E-state index in [1.807, 2.05) is 6.07 Å². The molecule has 0 radical (unpaired) electrons. The maximum Gasteiger partial charge on any atom is 0.0591 e. The van der Waals surface area contributed by atoms with Crippen LogP contribution in [-0.2, 0) is 10.7 Å². The third kappa shape index (κ3) is 1.84. The molecule has 1 nitrogen and oxygen atoms in total. The first-order valence-electron chi connectivity index (χ1n) is 4.34. The number of hydrogen-bond acceptors (Lipinski definition) is 1. The van der Waals surface area contributed by atoms with Crippen LogP contribution in [-0.4, -0.2) is 4.98 Å². The minimum Gasteiger partial charge on any atom is -0.255 e. The minimum absolute atomic E-state index is 0.800. The van der Waals surface area contributed by atoms with Gasteiger partial charge in [0, 0.05) is 16.0 Å². The Hall–Kier alpha value is -0.410. The van der Waals surface area contributed by atoms with Gasteiger partial charge < -0.3 is 0 Å². The van der Waals surface area contributed by atoms with Crippen molar-refractivity contribution in [2.75, 3.05) is 0 Å². The molecule has 0 spiro atoms. The molecule has 2 rings (SSSR count). The highest BCUT2D eigenvalue weighted by Gasteiger charge is 2.03. The summed E-state index contributed by atoms with van der Waals surface area (Å²) in [6, 6.07) is 10.4. The molecule has 0 aliphatic carbocycles. The zero-order valence-corrected chi connectivity index (χ0v) is 10.7. The molecule has 0 aliphatic heterocycles. The van der Waals surface area contributed by atoms with Crippen LogP contribution in [0.5, 0.6) is 0 Å². The van der Waals surface area contributed by atoms with Crippen molar-refractivity contribution in [3.63, 3.8) is 0 Å². The summed E-state index contributed by atoms with van der Waals surface area (Å²) in [5, 5.41) is 4.09. The molecular weight excluding hydrogens is 306 g/mol. The molecule has 1 aromatic carbocycles. The molecule has 72 valence electrons. The lowest BCUT2D eigenvalue weighted by molar-refractivity contribution is 1.13. The van der Waals surface area contributed by atoms with Gasteiger partial charge in [-0.2, -0.15) is 0 Å². The number of rotatable bonds is 2. The van der Waals surface area contributed by atoms with Crippen molar-refractivity contribution in [3.8, 4) is 0 Å². The largest absolute Gasteiger partial charge is 0.255 e. The van der Waals surface area contributed by atoms with Gasteiger partial charge in [0.05, 0.1) is 11.4 Å². The van der Waals surface area contributed by atoms with Crippen molar-refractivity contribution in [1.29, 1.82) is 0 Å². The van der Waals surface area contributed by atoms with E-state index < -0.39 is 0 Å². The Kier molecular flexibility index (Phi) is 3.19. The first kappa shape index (κ1) is 10.1. The van der Waals surface area contributed by atoms with E-state index in [4.69, 9.17) is 0 Å². The number of nitrogens with zero attached hydrogens (tertiary/aromatic N) is 1. The predicted molar refractivity (Wildman–Crippen MR) is 67.0 cm³/mol. The van der Waals surface area contributed by atoms with Crippen LogP contribution in [0.4, 0.5) is 0 Å². The van der Waals surface area contributed by atoms with Crippen LogP contribution in [0.2, 0.25) is 0 Å². The number of aromatic nitrogens is 1. The molecule has 2 aromatic rings. The van der Waals surface area contributed by atoms with Gasteiger partial charge in [0.1, 0.15) is 0 Å². The fourth-order valence-electron chi connectivity index (χ4n) is 1.50. The lowest BCUT2D eigenvalue weighted by atomic mass is 10.1. The van der Waals surface area contributed by atoms with E-state index in [0.717, 1.165) is 22.0 Å². The zero-order valence-electron chi connectivity index (χ0n) is 7.50. The second-order valence-corrected chi connectivity index (χ2v) is 4.17. The quantitative estimate of drug-likeness (QED) is 0.763. The van der Waals surface area contributed by atoms with Gasteiger partial charge in [-0.15, -0.1) is 0 Å². The van der Waals surface area contributed by atoms with Crippen molar-refractivity contribution < 1.29 is 0 Å². The maximum absolute atomic E-state index is 4.54. The minimum atomic E-state index is 0.800. The first-order valence-corrected chi connectivity index (χ1v) is 6.59. The molecule has 0 amide bonds. The summed E-state index contributed by atoms with van der Waals surface area (Å²) in [7, 11) is 0. The Morgan fingerprint density at radius 1 is 1.07 bits per heavy atom. The summed E-state index contributed by atoms with van der Waals surface area (Å²) in [6.07, 6.45) is 0. The Balaban J connectivity index is 2.73.